The second-order valence-corrected chi connectivity index (χ2v) is 7.62. The number of benzene rings is 3. The van der Waals surface area contributed by atoms with Crippen molar-refractivity contribution < 1.29 is 14.3 Å². The van der Waals surface area contributed by atoms with E-state index in [1.54, 1.807) is 0 Å². The number of amides is 1. The van der Waals surface area contributed by atoms with Crippen molar-refractivity contribution in [3.8, 4) is 0 Å². The summed E-state index contributed by atoms with van der Waals surface area (Å²) in [7, 11) is 0. The van der Waals surface area contributed by atoms with E-state index in [-0.39, 0.29) is 17.9 Å². The van der Waals surface area contributed by atoms with Crippen LogP contribution in [0.1, 0.15) is 47.2 Å². The van der Waals surface area contributed by atoms with Gasteiger partial charge in [0.25, 0.3) is 5.91 Å². The third kappa shape index (κ3) is 2.83. The first-order chi connectivity index (χ1) is 14.1. The SMILES string of the molecule is CC(=O)OC(C(=O)N1c2ccccc2C2Cc3ccccc3C21)c1ccccc1. The highest BCUT2D eigenvalue weighted by molar-refractivity contribution is 6.01. The van der Waals surface area contributed by atoms with Crippen LogP contribution in [0, 0.1) is 0 Å². The molecule has 29 heavy (non-hydrogen) atoms. The van der Waals surface area contributed by atoms with Gasteiger partial charge in [-0.15, -0.1) is 0 Å². The number of para-hydroxylation sites is 1. The standard InChI is InChI=1S/C25H21NO3/c1-16(27)29-24(17-9-3-2-4-10-17)25(28)26-22-14-8-7-13-20(22)21-15-18-11-5-6-12-19(18)23(21)26/h2-14,21,23-24H,15H2,1H3. The first-order valence-corrected chi connectivity index (χ1v) is 9.87. The van der Waals surface area contributed by atoms with Crippen molar-refractivity contribution in [1.29, 1.82) is 0 Å². The van der Waals surface area contributed by atoms with E-state index < -0.39 is 12.1 Å². The van der Waals surface area contributed by atoms with E-state index in [1.165, 1.54) is 23.6 Å². The number of rotatable bonds is 3. The van der Waals surface area contributed by atoms with Gasteiger partial charge in [-0.25, -0.2) is 0 Å². The molecule has 5 rings (SSSR count). The fourth-order valence-electron chi connectivity index (χ4n) is 4.78. The molecule has 0 fully saturated rings. The van der Waals surface area contributed by atoms with Crippen LogP contribution < -0.4 is 4.90 Å². The van der Waals surface area contributed by atoms with Gasteiger partial charge in [0, 0.05) is 24.1 Å². The Hall–Kier alpha value is -3.40. The number of carbonyl (C=O) groups is 2. The van der Waals surface area contributed by atoms with Crippen molar-refractivity contribution in [3.63, 3.8) is 0 Å². The molecule has 4 nitrogen and oxygen atoms in total. The van der Waals surface area contributed by atoms with Crippen LogP contribution in [0.5, 0.6) is 0 Å². The highest BCUT2D eigenvalue weighted by atomic mass is 16.5. The van der Waals surface area contributed by atoms with Gasteiger partial charge in [-0.3, -0.25) is 9.59 Å². The summed E-state index contributed by atoms with van der Waals surface area (Å²) < 4.78 is 5.53. The molecule has 3 atom stereocenters. The lowest BCUT2D eigenvalue weighted by Gasteiger charge is -2.29. The molecule has 0 saturated heterocycles. The van der Waals surface area contributed by atoms with Crippen molar-refractivity contribution in [1.82, 2.24) is 0 Å². The third-order valence-corrected chi connectivity index (χ3v) is 5.92. The summed E-state index contributed by atoms with van der Waals surface area (Å²) in [5.74, 6) is -0.451. The predicted molar refractivity (Wildman–Crippen MR) is 111 cm³/mol. The maximum atomic E-state index is 13.8. The zero-order valence-corrected chi connectivity index (χ0v) is 16.1. The normalized spacial score (nSPS) is 19.8. The van der Waals surface area contributed by atoms with E-state index in [9.17, 15) is 9.59 Å². The molecule has 4 heteroatoms. The molecule has 1 amide bonds. The fraction of sp³-hybridized carbons (Fsp3) is 0.200. The minimum absolute atomic E-state index is 0.0714. The van der Waals surface area contributed by atoms with Crippen LogP contribution in [0.2, 0.25) is 0 Å². The van der Waals surface area contributed by atoms with Gasteiger partial charge in [0.05, 0.1) is 6.04 Å². The van der Waals surface area contributed by atoms with Crippen molar-refractivity contribution >= 4 is 17.6 Å². The number of esters is 1. The summed E-state index contributed by atoms with van der Waals surface area (Å²) in [6.45, 7) is 1.34. The zero-order chi connectivity index (χ0) is 20.0. The minimum Gasteiger partial charge on any atom is -0.447 e. The van der Waals surface area contributed by atoms with Crippen LogP contribution in [0.25, 0.3) is 0 Å². The summed E-state index contributed by atoms with van der Waals surface area (Å²) in [5, 5.41) is 0. The van der Waals surface area contributed by atoms with Crippen LogP contribution in [-0.2, 0) is 20.7 Å². The molecule has 1 aliphatic heterocycles. The van der Waals surface area contributed by atoms with Crippen LogP contribution in [0.15, 0.2) is 78.9 Å². The molecular weight excluding hydrogens is 362 g/mol. The Kier molecular flexibility index (Phi) is 4.20. The second kappa shape index (κ2) is 6.89. The molecule has 1 heterocycles. The predicted octanol–water partition coefficient (Wildman–Crippen LogP) is 4.72. The Bertz CT molecular complexity index is 1090. The average molecular weight is 383 g/mol. The number of hydrogen-bond donors (Lipinski definition) is 0. The lowest BCUT2D eigenvalue weighted by atomic mass is 9.96. The quantitative estimate of drug-likeness (QED) is 0.615. The number of carbonyl (C=O) groups excluding carboxylic acids is 2. The van der Waals surface area contributed by atoms with Gasteiger partial charge in [0.15, 0.2) is 0 Å². The topological polar surface area (TPSA) is 46.6 Å². The van der Waals surface area contributed by atoms with E-state index in [1.807, 2.05) is 65.6 Å². The first kappa shape index (κ1) is 17.7. The van der Waals surface area contributed by atoms with Gasteiger partial charge in [0.1, 0.15) is 0 Å². The number of anilines is 1. The lowest BCUT2D eigenvalue weighted by molar-refractivity contribution is -0.153. The Morgan fingerprint density at radius 2 is 1.55 bits per heavy atom. The molecule has 3 aromatic rings. The smallest absolute Gasteiger partial charge is 0.303 e. The number of nitrogens with zero attached hydrogens (tertiary/aromatic N) is 1. The maximum Gasteiger partial charge on any atom is 0.303 e. The van der Waals surface area contributed by atoms with Crippen molar-refractivity contribution in [2.24, 2.45) is 0 Å². The van der Waals surface area contributed by atoms with Crippen molar-refractivity contribution in [2.45, 2.75) is 31.4 Å². The number of fused-ring (bicyclic) bond motifs is 5. The monoisotopic (exact) mass is 383 g/mol. The molecule has 0 radical (unpaired) electrons. The average Bonchev–Trinajstić information content (AvgIpc) is 3.27. The van der Waals surface area contributed by atoms with E-state index in [0.29, 0.717) is 5.56 Å². The molecule has 0 aromatic heterocycles. The Morgan fingerprint density at radius 3 is 2.31 bits per heavy atom. The van der Waals surface area contributed by atoms with Gasteiger partial charge >= 0.3 is 5.97 Å². The van der Waals surface area contributed by atoms with Gasteiger partial charge in [0.2, 0.25) is 6.10 Å². The van der Waals surface area contributed by atoms with Crippen LogP contribution >= 0.6 is 0 Å². The number of ether oxygens (including phenoxy) is 1. The molecule has 0 bridgehead atoms. The molecule has 1 aliphatic carbocycles. The molecule has 0 N–H and O–H groups in total. The molecule has 144 valence electrons. The van der Waals surface area contributed by atoms with Gasteiger partial charge in [-0.1, -0.05) is 72.8 Å². The summed E-state index contributed by atoms with van der Waals surface area (Å²) in [5.41, 5.74) is 5.22. The molecule has 0 saturated carbocycles. The molecule has 0 spiro atoms. The van der Waals surface area contributed by atoms with E-state index in [2.05, 4.69) is 18.2 Å². The van der Waals surface area contributed by atoms with Crippen LogP contribution in [0.3, 0.4) is 0 Å². The van der Waals surface area contributed by atoms with Gasteiger partial charge in [-0.05, 0) is 29.2 Å². The Labute approximate surface area is 169 Å². The molecule has 2 aliphatic rings. The second-order valence-electron chi connectivity index (χ2n) is 7.62. The fourth-order valence-corrected chi connectivity index (χ4v) is 4.78. The van der Waals surface area contributed by atoms with Gasteiger partial charge in [-0.2, -0.15) is 0 Å². The summed E-state index contributed by atoms with van der Waals surface area (Å²) >= 11 is 0. The summed E-state index contributed by atoms with van der Waals surface area (Å²) in [6, 6.07) is 25.6. The zero-order valence-electron chi connectivity index (χ0n) is 16.1. The Balaban J connectivity index is 1.62. The first-order valence-electron chi connectivity index (χ1n) is 9.87. The van der Waals surface area contributed by atoms with E-state index in [4.69, 9.17) is 4.74 Å². The molecule has 3 aromatic carbocycles. The molecular formula is C25H21NO3. The molecule has 3 unspecified atom stereocenters. The van der Waals surface area contributed by atoms with Crippen molar-refractivity contribution in [2.75, 3.05) is 4.90 Å². The van der Waals surface area contributed by atoms with Crippen LogP contribution in [-0.4, -0.2) is 11.9 Å². The van der Waals surface area contributed by atoms with E-state index >= 15 is 0 Å². The van der Waals surface area contributed by atoms with E-state index in [0.717, 1.165) is 12.1 Å². The van der Waals surface area contributed by atoms with Crippen molar-refractivity contribution in [3.05, 3.63) is 101 Å². The highest BCUT2D eigenvalue weighted by Gasteiger charge is 2.48. The lowest BCUT2D eigenvalue weighted by Crippen LogP contribution is -2.37. The highest BCUT2D eigenvalue weighted by Crippen LogP contribution is 2.55. The van der Waals surface area contributed by atoms with Gasteiger partial charge < -0.3 is 9.64 Å². The number of hydrogen-bond acceptors (Lipinski definition) is 3. The minimum atomic E-state index is -0.965. The largest absolute Gasteiger partial charge is 0.447 e. The third-order valence-electron chi connectivity index (χ3n) is 5.92. The van der Waals surface area contributed by atoms with Crippen LogP contribution in [0.4, 0.5) is 5.69 Å². The Morgan fingerprint density at radius 1 is 0.897 bits per heavy atom. The summed E-state index contributed by atoms with van der Waals surface area (Å²) in [4.78, 5) is 27.5. The maximum absolute atomic E-state index is 13.8. The summed E-state index contributed by atoms with van der Waals surface area (Å²) in [6.07, 6.45) is -0.0566.